The van der Waals surface area contributed by atoms with Crippen LogP contribution >= 0.6 is 0 Å². The van der Waals surface area contributed by atoms with E-state index in [9.17, 15) is 9.59 Å². The number of aryl methyl sites for hydroxylation is 2. The molecule has 112 valence electrons. The van der Waals surface area contributed by atoms with E-state index in [-0.39, 0.29) is 17.2 Å². The Labute approximate surface area is 126 Å². The molecule has 0 atom stereocenters. The third-order valence-electron chi connectivity index (χ3n) is 3.71. The van der Waals surface area contributed by atoms with Crippen LogP contribution in [-0.2, 0) is 13.6 Å². The number of rotatable bonds is 3. The summed E-state index contributed by atoms with van der Waals surface area (Å²) < 4.78 is 2.13. The molecule has 0 aliphatic heterocycles. The number of nitrogens with one attached hydrogen (secondary N) is 2. The molecular formula is C16H16N4O2. The molecule has 0 aliphatic rings. The number of amides is 1. The first kappa shape index (κ1) is 14.1. The fraction of sp³-hybridized carbons (Fsp3) is 0.188. The highest BCUT2D eigenvalue weighted by Gasteiger charge is 2.08. The zero-order chi connectivity index (χ0) is 15.7. The Kier molecular flexibility index (Phi) is 3.50. The number of fused-ring (bicyclic) bond motifs is 1. The Morgan fingerprint density at radius 3 is 2.82 bits per heavy atom. The molecule has 1 amide bonds. The zero-order valence-corrected chi connectivity index (χ0v) is 12.4. The second-order valence-corrected chi connectivity index (χ2v) is 5.23. The summed E-state index contributed by atoms with van der Waals surface area (Å²) in [6.07, 6.45) is 0. The van der Waals surface area contributed by atoms with Gasteiger partial charge in [-0.25, -0.2) is 5.10 Å². The number of aromatic amines is 1. The Morgan fingerprint density at radius 2 is 2.09 bits per heavy atom. The summed E-state index contributed by atoms with van der Waals surface area (Å²) in [6, 6.07) is 10.9. The largest absolute Gasteiger partial charge is 0.348 e. The van der Waals surface area contributed by atoms with Crippen LogP contribution < -0.4 is 10.9 Å². The average molecular weight is 296 g/mol. The van der Waals surface area contributed by atoms with Crippen molar-refractivity contribution in [3.63, 3.8) is 0 Å². The highest BCUT2D eigenvalue weighted by atomic mass is 16.2. The van der Waals surface area contributed by atoms with Crippen molar-refractivity contribution in [3.8, 4) is 0 Å². The lowest BCUT2D eigenvalue weighted by Crippen LogP contribution is -2.25. The molecular weight excluding hydrogens is 280 g/mol. The number of hydrogen-bond donors (Lipinski definition) is 2. The molecule has 2 heterocycles. The monoisotopic (exact) mass is 296 g/mol. The van der Waals surface area contributed by atoms with Gasteiger partial charge in [-0.15, -0.1) is 0 Å². The smallest absolute Gasteiger partial charge is 0.271 e. The van der Waals surface area contributed by atoms with Gasteiger partial charge in [0.2, 0.25) is 0 Å². The summed E-state index contributed by atoms with van der Waals surface area (Å²) in [5, 5.41) is 9.88. The molecule has 0 radical (unpaired) electrons. The predicted molar refractivity (Wildman–Crippen MR) is 83.7 cm³/mol. The minimum absolute atomic E-state index is 0.191. The van der Waals surface area contributed by atoms with Gasteiger partial charge >= 0.3 is 0 Å². The van der Waals surface area contributed by atoms with Crippen molar-refractivity contribution >= 4 is 16.8 Å². The van der Waals surface area contributed by atoms with E-state index >= 15 is 0 Å². The summed E-state index contributed by atoms with van der Waals surface area (Å²) in [7, 11) is 2.03. The van der Waals surface area contributed by atoms with Gasteiger partial charge in [-0.3, -0.25) is 9.59 Å². The fourth-order valence-electron chi connectivity index (χ4n) is 2.39. The van der Waals surface area contributed by atoms with E-state index in [0.717, 1.165) is 16.5 Å². The molecule has 0 saturated carbocycles. The van der Waals surface area contributed by atoms with E-state index in [4.69, 9.17) is 0 Å². The predicted octanol–water partition coefficient (Wildman–Crippen LogP) is 1.50. The molecule has 0 unspecified atom stereocenters. The Morgan fingerprint density at radius 1 is 1.27 bits per heavy atom. The first-order chi connectivity index (χ1) is 10.5. The van der Waals surface area contributed by atoms with Crippen molar-refractivity contribution in [3.05, 3.63) is 63.7 Å². The van der Waals surface area contributed by atoms with E-state index in [0.29, 0.717) is 6.54 Å². The first-order valence-corrected chi connectivity index (χ1v) is 6.93. The van der Waals surface area contributed by atoms with Crippen LogP contribution in [0.25, 0.3) is 10.9 Å². The summed E-state index contributed by atoms with van der Waals surface area (Å²) in [5.74, 6) is -0.319. The van der Waals surface area contributed by atoms with E-state index in [1.54, 1.807) is 0 Å². The van der Waals surface area contributed by atoms with Crippen molar-refractivity contribution in [2.24, 2.45) is 7.05 Å². The molecule has 0 fully saturated rings. The molecule has 6 heteroatoms. The Hall–Kier alpha value is -2.89. The highest BCUT2D eigenvalue weighted by molar-refractivity contribution is 5.92. The maximum Gasteiger partial charge on any atom is 0.271 e. The number of nitrogens with zero attached hydrogens (tertiary/aromatic N) is 2. The molecule has 0 bridgehead atoms. The van der Waals surface area contributed by atoms with Crippen LogP contribution in [0.4, 0.5) is 0 Å². The van der Waals surface area contributed by atoms with Gasteiger partial charge in [-0.2, -0.15) is 5.10 Å². The molecule has 2 N–H and O–H groups in total. The maximum atomic E-state index is 12.0. The third-order valence-corrected chi connectivity index (χ3v) is 3.71. The molecule has 1 aromatic carbocycles. The Balaban J connectivity index is 1.74. The van der Waals surface area contributed by atoms with Crippen molar-refractivity contribution in [2.75, 3.05) is 0 Å². The second kappa shape index (κ2) is 5.48. The standard InChI is InChI=1S/C16H16N4O2/c1-10-7-12-8-11(3-5-14(12)20(10)2)9-17-16(22)13-4-6-15(21)19-18-13/h3-8H,9H2,1-2H3,(H,17,22)(H,19,21). The minimum Gasteiger partial charge on any atom is -0.348 e. The Bertz CT molecular complexity index is 888. The molecule has 0 aliphatic carbocycles. The van der Waals surface area contributed by atoms with Gasteiger partial charge in [-0.1, -0.05) is 6.07 Å². The molecule has 0 spiro atoms. The van der Waals surface area contributed by atoms with Crippen molar-refractivity contribution < 1.29 is 4.79 Å². The number of benzene rings is 1. The van der Waals surface area contributed by atoms with E-state index in [1.807, 2.05) is 19.2 Å². The topological polar surface area (TPSA) is 79.8 Å². The molecule has 3 rings (SSSR count). The quantitative estimate of drug-likeness (QED) is 0.768. The number of H-pyrrole nitrogens is 1. The van der Waals surface area contributed by atoms with Crippen LogP contribution in [0.1, 0.15) is 21.7 Å². The lowest BCUT2D eigenvalue weighted by molar-refractivity contribution is 0.0945. The van der Waals surface area contributed by atoms with Crippen molar-refractivity contribution in [2.45, 2.75) is 13.5 Å². The van der Waals surface area contributed by atoms with Crippen LogP contribution in [0.3, 0.4) is 0 Å². The summed E-state index contributed by atoms with van der Waals surface area (Å²) in [6.45, 7) is 2.47. The van der Waals surface area contributed by atoms with Crippen molar-refractivity contribution in [1.82, 2.24) is 20.1 Å². The van der Waals surface area contributed by atoms with E-state index in [2.05, 4.69) is 39.1 Å². The van der Waals surface area contributed by atoms with Crippen molar-refractivity contribution in [1.29, 1.82) is 0 Å². The lowest BCUT2D eigenvalue weighted by atomic mass is 10.1. The summed E-state index contributed by atoms with van der Waals surface area (Å²) in [5.41, 5.74) is 3.22. The van der Waals surface area contributed by atoms with E-state index in [1.165, 1.54) is 17.8 Å². The molecule has 22 heavy (non-hydrogen) atoms. The first-order valence-electron chi connectivity index (χ1n) is 6.93. The lowest BCUT2D eigenvalue weighted by Gasteiger charge is -2.05. The third kappa shape index (κ3) is 2.63. The van der Waals surface area contributed by atoms with Gasteiger partial charge in [0.05, 0.1) is 0 Å². The fourth-order valence-corrected chi connectivity index (χ4v) is 2.39. The molecule has 3 aromatic rings. The molecule has 2 aromatic heterocycles. The SMILES string of the molecule is Cc1cc2cc(CNC(=O)c3ccc(=O)[nH]n3)ccc2n1C. The van der Waals surface area contributed by atoms with E-state index < -0.39 is 0 Å². The van der Waals surface area contributed by atoms with Crippen LogP contribution in [0.15, 0.2) is 41.2 Å². The highest BCUT2D eigenvalue weighted by Crippen LogP contribution is 2.19. The zero-order valence-electron chi connectivity index (χ0n) is 12.4. The van der Waals surface area contributed by atoms with Gasteiger partial charge in [0.25, 0.3) is 11.5 Å². The second-order valence-electron chi connectivity index (χ2n) is 5.23. The molecule has 6 nitrogen and oxygen atoms in total. The minimum atomic E-state index is -0.332. The van der Waals surface area contributed by atoms with Crippen LogP contribution in [0, 0.1) is 6.92 Å². The normalized spacial score (nSPS) is 10.8. The maximum absolute atomic E-state index is 12.0. The number of carbonyl (C=O) groups is 1. The summed E-state index contributed by atoms with van der Waals surface area (Å²) in [4.78, 5) is 22.9. The van der Waals surface area contributed by atoms with Crippen LogP contribution in [0.5, 0.6) is 0 Å². The van der Waals surface area contributed by atoms with Gasteiger partial charge in [0.1, 0.15) is 5.69 Å². The molecule has 0 saturated heterocycles. The van der Waals surface area contributed by atoms with Crippen LogP contribution in [-0.4, -0.2) is 20.7 Å². The van der Waals surface area contributed by atoms with Gasteiger partial charge in [0.15, 0.2) is 0 Å². The van der Waals surface area contributed by atoms with Gasteiger partial charge < -0.3 is 9.88 Å². The number of aromatic nitrogens is 3. The van der Waals surface area contributed by atoms with Crippen LogP contribution in [0.2, 0.25) is 0 Å². The summed E-state index contributed by atoms with van der Waals surface area (Å²) >= 11 is 0. The van der Waals surface area contributed by atoms with Gasteiger partial charge in [0, 0.05) is 36.3 Å². The number of carbonyl (C=O) groups excluding carboxylic acids is 1. The van der Waals surface area contributed by atoms with Gasteiger partial charge in [-0.05, 0) is 36.8 Å². The number of hydrogen-bond acceptors (Lipinski definition) is 3. The average Bonchev–Trinajstić information content (AvgIpc) is 2.80.